The molecule has 0 unspecified atom stereocenters. The van der Waals surface area contributed by atoms with Gasteiger partial charge in [-0.25, -0.2) is 8.42 Å². The number of sulfone groups is 1. The maximum absolute atomic E-state index is 11.6. The quantitative estimate of drug-likeness (QED) is 0.560. The van der Waals surface area contributed by atoms with Crippen molar-refractivity contribution in [1.29, 1.82) is 0 Å². The van der Waals surface area contributed by atoms with E-state index in [1.807, 2.05) is 18.7 Å². The first-order valence-electron chi connectivity index (χ1n) is 6.53. The second-order valence-corrected chi connectivity index (χ2v) is 6.54. The third kappa shape index (κ3) is 8.47. The normalized spacial score (nSPS) is 11.8. The molecule has 0 N–H and O–H groups in total. The van der Waals surface area contributed by atoms with Crippen LogP contribution in [-0.2, 0) is 19.4 Å². The molecule has 0 aliphatic carbocycles. The summed E-state index contributed by atoms with van der Waals surface area (Å²) in [6, 6.07) is 0. The largest absolute Gasteiger partial charge is 0.465 e. The number of nitrogens with zero attached hydrogens (tertiary/aromatic N) is 1. The molecule has 5 nitrogen and oxygen atoms in total. The maximum Gasteiger partial charge on any atom is 0.320 e. The summed E-state index contributed by atoms with van der Waals surface area (Å²) in [7, 11) is -2.99. The third-order valence-corrected chi connectivity index (χ3v) is 4.27. The van der Waals surface area contributed by atoms with Gasteiger partial charge in [0.15, 0.2) is 9.84 Å². The van der Waals surface area contributed by atoms with Crippen molar-refractivity contribution in [2.45, 2.75) is 33.6 Å². The number of rotatable bonds is 10. The fourth-order valence-corrected chi connectivity index (χ4v) is 3.02. The third-order valence-electron chi connectivity index (χ3n) is 2.43. The lowest BCUT2D eigenvalue weighted by Crippen LogP contribution is -2.35. The lowest BCUT2D eigenvalue weighted by Gasteiger charge is -2.20. The van der Waals surface area contributed by atoms with E-state index in [1.54, 1.807) is 6.92 Å². The number of hydrogen-bond donors (Lipinski definition) is 0. The van der Waals surface area contributed by atoms with Crippen LogP contribution in [0, 0.1) is 0 Å². The Morgan fingerprint density at radius 1 is 1.06 bits per heavy atom. The Morgan fingerprint density at radius 2 is 1.72 bits per heavy atom. The van der Waals surface area contributed by atoms with E-state index in [2.05, 4.69) is 0 Å². The van der Waals surface area contributed by atoms with Crippen LogP contribution in [0.25, 0.3) is 0 Å². The summed E-state index contributed by atoms with van der Waals surface area (Å²) in [6.07, 6.45) is 1.52. The van der Waals surface area contributed by atoms with Crippen LogP contribution in [0.3, 0.4) is 0 Å². The molecule has 0 radical (unpaired) electrons. The molecule has 0 fully saturated rings. The van der Waals surface area contributed by atoms with Gasteiger partial charge in [0.25, 0.3) is 0 Å². The van der Waals surface area contributed by atoms with E-state index < -0.39 is 9.84 Å². The molecule has 0 aliphatic rings. The van der Waals surface area contributed by atoms with Gasteiger partial charge >= 0.3 is 5.97 Å². The fraction of sp³-hybridized carbons (Fsp3) is 0.917. The zero-order chi connectivity index (χ0) is 14.0. The van der Waals surface area contributed by atoms with Crippen molar-refractivity contribution in [3.05, 3.63) is 0 Å². The van der Waals surface area contributed by atoms with Gasteiger partial charge in [-0.2, -0.15) is 0 Å². The monoisotopic (exact) mass is 279 g/mol. The molecule has 6 heteroatoms. The summed E-state index contributed by atoms with van der Waals surface area (Å²) < 4.78 is 28.1. The lowest BCUT2D eigenvalue weighted by atomic mass is 10.4. The van der Waals surface area contributed by atoms with Crippen LogP contribution < -0.4 is 0 Å². The second kappa shape index (κ2) is 9.33. The average molecular weight is 279 g/mol. The highest BCUT2D eigenvalue weighted by Crippen LogP contribution is 1.99. The van der Waals surface area contributed by atoms with Gasteiger partial charge in [-0.3, -0.25) is 9.69 Å². The van der Waals surface area contributed by atoms with E-state index >= 15 is 0 Å². The van der Waals surface area contributed by atoms with Crippen molar-refractivity contribution in [2.75, 3.05) is 37.7 Å². The molecule has 0 heterocycles. The summed E-state index contributed by atoms with van der Waals surface area (Å²) in [5, 5.41) is 0. The van der Waals surface area contributed by atoms with Gasteiger partial charge in [0, 0.05) is 12.3 Å². The number of carbonyl (C=O) groups excluding carboxylic acids is 1. The van der Waals surface area contributed by atoms with E-state index in [9.17, 15) is 13.2 Å². The minimum absolute atomic E-state index is 0.111. The van der Waals surface area contributed by atoms with Crippen molar-refractivity contribution in [3.8, 4) is 0 Å². The van der Waals surface area contributed by atoms with Crippen molar-refractivity contribution < 1.29 is 17.9 Å². The first-order valence-corrected chi connectivity index (χ1v) is 8.35. The molecule has 0 rings (SSSR count). The lowest BCUT2D eigenvalue weighted by molar-refractivity contribution is -0.144. The minimum atomic E-state index is -2.99. The number of hydrogen-bond acceptors (Lipinski definition) is 5. The molecule has 108 valence electrons. The topological polar surface area (TPSA) is 63.7 Å². The van der Waals surface area contributed by atoms with Crippen molar-refractivity contribution >= 4 is 15.8 Å². The van der Waals surface area contributed by atoms with Gasteiger partial charge in [0.1, 0.15) is 0 Å². The Hall–Kier alpha value is -0.620. The Bertz CT molecular complexity index is 327. The van der Waals surface area contributed by atoms with Gasteiger partial charge in [0.05, 0.1) is 18.9 Å². The fourth-order valence-electron chi connectivity index (χ4n) is 1.66. The minimum Gasteiger partial charge on any atom is -0.465 e. The van der Waals surface area contributed by atoms with Gasteiger partial charge in [-0.1, -0.05) is 13.8 Å². The Labute approximate surface area is 110 Å². The molecule has 18 heavy (non-hydrogen) atoms. The molecule has 0 aliphatic heterocycles. The number of esters is 1. The van der Waals surface area contributed by atoms with E-state index in [0.29, 0.717) is 26.1 Å². The van der Waals surface area contributed by atoms with Crippen LogP contribution in [0.1, 0.15) is 33.6 Å². The van der Waals surface area contributed by atoms with Crippen molar-refractivity contribution in [3.63, 3.8) is 0 Å². The predicted octanol–water partition coefficient (Wildman–Crippen LogP) is 1.09. The summed E-state index contributed by atoms with van der Waals surface area (Å²) in [5.41, 5.74) is 0. The van der Waals surface area contributed by atoms with Crippen LogP contribution in [0.15, 0.2) is 0 Å². The molecular formula is C12H25NO4S. The van der Waals surface area contributed by atoms with Crippen molar-refractivity contribution in [1.82, 2.24) is 4.90 Å². The first kappa shape index (κ1) is 17.4. The zero-order valence-corrected chi connectivity index (χ0v) is 12.5. The second-order valence-electron chi connectivity index (χ2n) is 4.23. The highest BCUT2D eigenvalue weighted by atomic mass is 32.2. The molecule has 0 saturated carbocycles. The molecular weight excluding hydrogens is 254 g/mol. The molecule has 0 bridgehead atoms. The van der Waals surface area contributed by atoms with Gasteiger partial charge in [-0.05, 0) is 26.3 Å². The molecule has 0 aromatic carbocycles. The molecule has 0 aromatic heterocycles. The van der Waals surface area contributed by atoms with Gasteiger partial charge in [0.2, 0.25) is 0 Å². The maximum atomic E-state index is 11.6. The molecule has 0 aromatic rings. The smallest absolute Gasteiger partial charge is 0.320 e. The first-order chi connectivity index (χ1) is 8.45. The van der Waals surface area contributed by atoms with E-state index in [1.165, 1.54) is 0 Å². The summed E-state index contributed by atoms with van der Waals surface area (Å²) in [4.78, 5) is 13.2. The van der Waals surface area contributed by atoms with Crippen LogP contribution in [0.5, 0.6) is 0 Å². The standard InChI is InChI=1S/C12H25NO4S/c1-4-7-13(11-12(14)17-6-3)8-10-18(15,16)9-5-2/h4-11H2,1-3H3. The van der Waals surface area contributed by atoms with Crippen molar-refractivity contribution in [2.24, 2.45) is 0 Å². The van der Waals surface area contributed by atoms with Gasteiger partial charge in [-0.15, -0.1) is 0 Å². The zero-order valence-electron chi connectivity index (χ0n) is 11.6. The van der Waals surface area contributed by atoms with E-state index in [4.69, 9.17) is 4.74 Å². The Kier molecular flexibility index (Phi) is 9.01. The molecule has 0 atom stereocenters. The average Bonchev–Trinajstić information content (AvgIpc) is 2.26. The summed E-state index contributed by atoms with van der Waals surface area (Å²) in [5.74, 6) is 0.0333. The van der Waals surface area contributed by atoms with Crippen LogP contribution in [0.4, 0.5) is 0 Å². The number of ether oxygens (including phenoxy) is 1. The van der Waals surface area contributed by atoms with Crippen LogP contribution in [0.2, 0.25) is 0 Å². The van der Waals surface area contributed by atoms with E-state index in [-0.39, 0.29) is 24.0 Å². The van der Waals surface area contributed by atoms with Gasteiger partial charge < -0.3 is 4.74 Å². The predicted molar refractivity (Wildman–Crippen MR) is 72.3 cm³/mol. The Morgan fingerprint density at radius 3 is 2.22 bits per heavy atom. The Balaban J connectivity index is 4.23. The summed E-state index contributed by atoms with van der Waals surface area (Å²) in [6.45, 7) is 7.23. The van der Waals surface area contributed by atoms with E-state index in [0.717, 1.165) is 6.42 Å². The molecule has 0 saturated heterocycles. The highest BCUT2D eigenvalue weighted by Gasteiger charge is 2.15. The van der Waals surface area contributed by atoms with Crippen LogP contribution in [-0.4, -0.2) is 57.0 Å². The highest BCUT2D eigenvalue weighted by molar-refractivity contribution is 7.91. The molecule has 0 spiro atoms. The van der Waals surface area contributed by atoms with Crippen LogP contribution >= 0.6 is 0 Å². The SMILES string of the molecule is CCCN(CCS(=O)(=O)CCC)CC(=O)OCC. The summed E-state index contributed by atoms with van der Waals surface area (Å²) >= 11 is 0. The molecule has 0 amide bonds. The number of carbonyl (C=O) groups is 1.